The molecule has 1 heterocycles. The molecular weight excluding hydrogens is 490 g/mol. The summed E-state index contributed by atoms with van der Waals surface area (Å²) in [5, 5.41) is 17.1. The Labute approximate surface area is 220 Å². The fraction of sp³-hybridized carbons (Fsp3) is 0.286. The number of aromatic nitrogens is 3. The lowest BCUT2D eigenvalue weighted by Gasteiger charge is -2.25. The van der Waals surface area contributed by atoms with Crippen molar-refractivity contribution in [2.75, 3.05) is 5.75 Å². The van der Waals surface area contributed by atoms with Crippen molar-refractivity contribution >= 4 is 45.8 Å². The maximum atomic E-state index is 12.7. The van der Waals surface area contributed by atoms with Gasteiger partial charge in [0.15, 0.2) is 11.0 Å². The SMILES string of the molecule is CC(=NNC(=O)CSc1nnc(-c2ccc(Cl)cc2)n1C1CCCCC1)c1ccc2ccccc2c1. The molecule has 1 N–H and O–H groups in total. The second-order valence-corrected chi connectivity index (χ2v) is 10.4. The monoisotopic (exact) mass is 517 g/mol. The number of amides is 1. The molecule has 0 atom stereocenters. The van der Waals surface area contributed by atoms with E-state index in [9.17, 15) is 4.79 Å². The van der Waals surface area contributed by atoms with E-state index in [0.717, 1.165) is 46.0 Å². The van der Waals surface area contributed by atoms with Crippen molar-refractivity contribution in [3.8, 4) is 11.4 Å². The Balaban J connectivity index is 1.28. The Morgan fingerprint density at radius 1 is 1.03 bits per heavy atom. The number of hydrazone groups is 1. The third-order valence-corrected chi connectivity index (χ3v) is 7.75. The third kappa shape index (κ3) is 5.63. The molecule has 8 heteroatoms. The topological polar surface area (TPSA) is 72.2 Å². The summed E-state index contributed by atoms with van der Waals surface area (Å²) in [5.74, 6) is 0.859. The van der Waals surface area contributed by atoms with Crippen molar-refractivity contribution in [2.24, 2.45) is 5.10 Å². The van der Waals surface area contributed by atoms with Gasteiger partial charge in [-0.1, -0.05) is 79.0 Å². The van der Waals surface area contributed by atoms with Crippen molar-refractivity contribution in [1.29, 1.82) is 0 Å². The van der Waals surface area contributed by atoms with Gasteiger partial charge in [-0.2, -0.15) is 5.10 Å². The minimum absolute atomic E-state index is 0.175. The van der Waals surface area contributed by atoms with Gasteiger partial charge < -0.3 is 0 Å². The highest BCUT2D eigenvalue weighted by Gasteiger charge is 2.24. The summed E-state index contributed by atoms with van der Waals surface area (Å²) in [6.45, 7) is 1.90. The minimum Gasteiger partial charge on any atom is -0.299 e. The van der Waals surface area contributed by atoms with Crippen LogP contribution in [0.25, 0.3) is 22.2 Å². The van der Waals surface area contributed by atoms with Crippen LogP contribution in [0.1, 0.15) is 50.6 Å². The number of halogens is 1. The van der Waals surface area contributed by atoms with E-state index >= 15 is 0 Å². The van der Waals surface area contributed by atoms with Gasteiger partial charge in [0, 0.05) is 16.6 Å². The quantitative estimate of drug-likeness (QED) is 0.164. The highest BCUT2D eigenvalue weighted by molar-refractivity contribution is 7.99. The molecule has 0 bridgehead atoms. The van der Waals surface area contributed by atoms with Crippen LogP contribution in [0.15, 0.2) is 77.0 Å². The smallest absolute Gasteiger partial charge is 0.250 e. The number of carbonyl (C=O) groups is 1. The summed E-state index contributed by atoms with van der Waals surface area (Å²) in [5.41, 5.74) is 5.41. The number of fused-ring (bicyclic) bond motifs is 1. The average Bonchev–Trinajstić information content (AvgIpc) is 3.35. The maximum Gasteiger partial charge on any atom is 0.250 e. The lowest BCUT2D eigenvalue weighted by atomic mass is 9.95. The molecular formula is C28H28ClN5OS. The lowest BCUT2D eigenvalue weighted by molar-refractivity contribution is -0.118. The number of hydrogen-bond acceptors (Lipinski definition) is 5. The number of carbonyl (C=O) groups excluding carboxylic acids is 1. The molecule has 3 aromatic carbocycles. The zero-order chi connectivity index (χ0) is 24.9. The largest absolute Gasteiger partial charge is 0.299 e. The van der Waals surface area contributed by atoms with Crippen LogP contribution in [-0.2, 0) is 4.79 Å². The standard InChI is InChI=1S/C28H28ClN5OS/c1-19(22-12-11-20-7-5-6-8-23(20)17-22)30-31-26(35)18-36-28-33-32-27(21-13-15-24(29)16-14-21)34(28)25-9-3-2-4-10-25/h5-8,11-17,25H,2-4,9-10,18H2,1H3,(H,31,35). The summed E-state index contributed by atoms with van der Waals surface area (Å²) >= 11 is 7.49. The number of thioether (sulfide) groups is 1. The van der Waals surface area contributed by atoms with Gasteiger partial charge in [0.25, 0.3) is 5.91 Å². The molecule has 6 nitrogen and oxygen atoms in total. The van der Waals surface area contributed by atoms with E-state index in [4.69, 9.17) is 11.6 Å². The van der Waals surface area contributed by atoms with Gasteiger partial charge in [-0.15, -0.1) is 10.2 Å². The first-order chi connectivity index (χ1) is 17.6. The molecule has 0 saturated heterocycles. The first-order valence-corrected chi connectivity index (χ1v) is 13.6. The van der Waals surface area contributed by atoms with Crippen molar-refractivity contribution in [3.05, 3.63) is 77.3 Å². The van der Waals surface area contributed by atoms with Crippen LogP contribution >= 0.6 is 23.4 Å². The molecule has 0 spiro atoms. The predicted molar refractivity (Wildman–Crippen MR) is 148 cm³/mol. The van der Waals surface area contributed by atoms with E-state index in [-0.39, 0.29) is 11.7 Å². The molecule has 5 rings (SSSR count). The number of nitrogens with zero attached hydrogens (tertiary/aromatic N) is 4. The molecule has 0 radical (unpaired) electrons. The predicted octanol–water partition coefficient (Wildman–Crippen LogP) is 6.89. The molecule has 1 aromatic heterocycles. The molecule has 36 heavy (non-hydrogen) atoms. The van der Waals surface area contributed by atoms with Gasteiger partial charge >= 0.3 is 0 Å². The van der Waals surface area contributed by atoms with Crippen LogP contribution in [0.2, 0.25) is 5.02 Å². The number of benzene rings is 3. The van der Waals surface area contributed by atoms with E-state index in [1.54, 1.807) is 0 Å². The summed E-state index contributed by atoms with van der Waals surface area (Å²) in [6.07, 6.45) is 5.82. The zero-order valence-corrected chi connectivity index (χ0v) is 21.7. The van der Waals surface area contributed by atoms with Gasteiger partial charge in [0.05, 0.1) is 11.5 Å². The fourth-order valence-corrected chi connectivity index (χ4v) is 5.55. The third-order valence-electron chi connectivity index (χ3n) is 6.55. The van der Waals surface area contributed by atoms with Gasteiger partial charge in [0.2, 0.25) is 0 Å². The molecule has 4 aromatic rings. The molecule has 1 saturated carbocycles. The van der Waals surface area contributed by atoms with E-state index in [2.05, 4.69) is 49.6 Å². The highest BCUT2D eigenvalue weighted by atomic mass is 35.5. The number of nitrogens with one attached hydrogen (secondary N) is 1. The Hall–Kier alpha value is -3.16. The van der Waals surface area contributed by atoms with Gasteiger partial charge in [-0.3, -0.25) is 9.36 Å². The summed E-state index contributed by atoms with van der Waals surface area (Å²) in [6, 6.07) is 22.4. The van der Waals surface area contributed by atoms with Crippen LogP contribution in [0.4, 0.5) is 0 Å². The summed E-state index contributed by atoms with van der Waals surface area (Å²) in [7, 11) is 0. The molecule has 1 aliphatic rings. The molecule has 184 valence electrons. The van der Waals surface area contributed by atoms with E-state index in [1.165, 1.54) is 36.4 Å². The first kappa shape index (κ1) is 24.5. The average molecular weight is 518 g/mol. The van der Waals surface area contributed by atoms with Gasteiger partial charge in [-0.05, 0) is 66.4 Å². The fourth-order valence-electron chi connectivity index (χ4n) is 4.63. The Morgan fingerprint density at radius 2 is 1.78 bits per heavy atom. The van der Waals surface area contributed by atoms with Crippen molar-refractivity contribution < 1.29 is 4.79 Å². The number of rotatable bonds is 7. The molecule has 1 aliphatic carbocycles. The first-order valence-electron chi connectivity index (χ1n) is 12.2. The second kappa shape index (κ2) is 11.3. The normalized spacial score (nSPS) is 14.8. The highest BCUT2D eigenvalue weighted by Crippen LogP contribution is 2.35. The van der Waals surface area contributed by atoms with Gasteiger partial charge in [0.1, 0.15) is 0 Å². The maximum absolute atomic E-state index is 12.7. The number of hydrogen-bond donors (Lipinski definition) is 1. The zero-order valence-electron chi connectivity index (χ0n) is 20.2. The summed E-state index contributed by atoms with van der Waals surface area (Å²) in [4.78, 5) is 12.7. The van der Waals surface area contributed by atoms with E-state index in [0.29, 0.717) is 11.1 Å². The van der Waals surface area contributed by atoms with Crippen molar-refractivity contribution in [3.63, 3.8) is 0 Å². The summed E-state index contributed by atoms with van der Waals surface area (Å²) < 4.78 is 2.21. The molecule has 0 unspecified atom stereocenters. The Morgan fingerprint density at radius 3 is 2.56 bits per heavy atom. The van der Waals surface area contributed by atoms with Crippen molar-refractivity contribution in [1.82, 2.24) is 20.2 Å². The van der Waals surface area contributed by atoms with E-state index < -0.39 is 0 Å². The van der Waals surface area contributed by atoms with Crippen LogP contribution in [-0.4, -0.2) is 32.1 Å². The molecule has 1 amide bonds. The van der Waals surface area contributed by atoms with Crippen LogP contribution in [0.5, 0.6) is 0 Å². The second-order valence-electron chi connectivity index (χ2n) is 9.06. The van der Waals surface area contributed by atoms with E-state index in [1.807, 2.05) is 49.4 Å². The van der Waals surface area contributed by atoms with Crippen LogP contribution < -0.4 is 5.43 Å². The van der Waals surface area contributed by atoms with Crippen LogP contribution in [0, 0.1) is 0 Å². The minimum atomic E-state index is -0.175. The van der Waals surface area contributed by atoms with Crippen LogP contribution in [0.3, 0.4) is 0 Å². The van der Waals surface area contributed by atoms with Crippen molar-refractivity contribution in [2.45, 2.75) is 50.2 Å². The lowest BCUT2D eigenvalue weighted by Crippen LogP contribution is -2.22. The molecule has 1 fully saturated rings. The Bertz CT molecular complexity index is 1390. The Kier molecular flexibility index (Phi) is 7.68. The molecule has 0 aliphatic heterocycles. The van der Waals surface area contributed by atoms with Gasteiger partial charge in [-0.25, -0.2) is 5.43 Å².